The first-order valence-electron chi connectivity index (χ1n) is 7.43. The van der Waals surface area contributed by atoms with E-state index >= 15 is 0 Å². The molecule has 0 spiro atoms. The maximum absolute atomic E-state index is 5.37. The standard InChI is InChI=1S/C17H20N4O3/c1-10-19-12-9-18-16(8-13(12)21(10)2)20-11-6-14(22-3)17(24-5)15(7-11)23-4/h6-9H,1-5H3,(H,18,20). The zero-order valence-corrected chi connectivity index (χ0v) is 14.4. The molecule has 0 unspecified atom stereocenters. The van der Waals surface area contributed by atoms with E-state index in [4.69, 9.17) is 14.2 Å². The third-order valence-electron chi connectivity index (χ3n) is 3.93. The van der Waals surface area contributed by atoms with Crippen LogP contribution >= 0.6 is 0 Å². The van der Waals surface area contributed by atoms with Gasteiger partial charge in [0.1, 0.15) is 17.2 Å². The summed E-state index contributed by atoms with van der Waals surface area (Å²) in [5.41, 5.74) is 2.66. The number of aryl methyl sites for hydroxylation is 2. The molecule has 0 atom stereocenters. The van der Waals surface area contributed by atoms with Crippen molar-refractivity contribution in [2.75, 3.05) is 26.6 Å². The number of hydrogen-bond acceptors (Lipinski definition) is 6. The molecule has 0 aliphatic rings. The van der Waals surface area contributed by atoms with Crippen LogP contribution in [0.15, 0.2) is 24.4 Å². The van der Waals surface area contributed by atoms with Crippen molar-refractivity contribution in [3.8, 4) is 17.2 Å². The van der Waals surface area contributed by atoms with E-state index in [9.17, 15) is 0 Å². The first kappa shape index (κ1) is 15.9. The summed E-state index contributed by atoms with van der Waals surface area (Å²) in [6.07, 6.45) is 1.75. The molecule has 3 rings (SSSR count). The minimum absolute atomic E-state index is 0.552. The van der Waals surface area contributed by atoms with E-state index in [0.717, 1.165) is 22.5 Å². The number of hydrogen-bond donors (Lipinski definition) is 1. The van der Waals surface area contributed by atoms with Crippen LogP contribution in [-0.2, 0) is 7.05 Å². The number of imidazole rings is 1. The van der Waals surface area contributed by atoms with Gasteiger partial charge in [0, 0.05) is 30.9 Å². The van der Waals surface area contributed by atoms with Crippen LogP contribution in [-0.4, -0.2) is 35.9 Å². The molecular weight excluding hydrogens is 308 g/mol. The lowest BCUT2D eigenvalue weighted by atomic mass is 10.2. The number of ether oxygens (including phenoxy) is 3. The molecule has 0 aliphatic carbocycles. The van der Waals surface area contributed by atoms with Crippen molar-refractivity contribution in [2.45, 2.75) is 6.92 Å². The molecule has 0 fully saturated rings. The number of anilines is 2. The molecule has 0 radical (unpaired) electrons. The number of methoxy groups -OCH3 is 3. The number of fused-ring (bicyclic) bond motifs is 1. The molecule has 7 heteroatoms. The SMILES string of the molecule is COc1cc(Nc2cc3c(cn2)nc(C)n3C)cc(OC)c1OC. The van der Waals surface area contributed by atoms with Crippen LogP contribution in [0.5, 0.6) is 17.2 Å². The van der Waals surface area contributed by atoms with Crippen molar-refractivity contribution >= 4 is 22.5 Å². The predicted octanol–water partition coefficient (Wildman–Crippen LogP) is 3.05. The lowest BCUT2D eigenvalue weighted by Crippen LogP contribution is -1.99. The quantitative estimate of drug-likeness (QED) is 0.776. The Bertz CT molecular complexity index is 864. The van der Waals surface area contributed by atoms with Crippen LogP contribution in [0.25, 0.3) is 11.0 Å². The van der Waals surface area contributed by atoms with Crippen LogP contribution in [0.2, 0.25) is 0 Å². The number of pyridine rings is 1. The van der Waals surface area contributed by atoms with Crippen molar-refractivity contribution in [1.29, 1.82) is 0 Å². The van der Waals surface area contributed by atoms with Crippen LogP contribution in [0.4, 0.5) is 11.5 Å². The Morgan fingerprint density at radius 1 is 1.00 bits per heavy atom. The molecule has 0 amide bonds. The molecule has 0 saturated carbocycles. The molecule has 7 nitrogen and oxygen atoms in total. The fourth-order valence-electron chi connectivity index (χ4n) is 2.59. The number of nitrogens with zero attached hydrogens (tertiary/aromatic N) is 3. The van der Waals surface area contributed by atoms with E-state index in [-0.39, 0.29) is 0 Å². The van der Waals surface area contributed by atoms with Gasteiger partial charge in [-0.25, -0.2) is 9.97 Å². The van der Waals surface area contributed by atoms with Gasteiger partial charge < -0.3 is 24.1 Å². The summed E-state index contributed by atoms with van der Waals surface area (Å²) >= 11 is 0. The van der Waals surface area contributed by atoms with Crippen LogP contribution < -0.4 is 19.5 Å². The minimum Gasteiger partial charge on any atom is -0.493 e. The number of benzene rings is 1. The summed E-state index contributed by atoms with van der Waals surface area (Å²) in [4.78, 5) is 8.86. The summed E-state index contributed by atoms with van der Waals surface area (Å²) in [5.74, 6) is 3.36. The third kappa shape index (κ3) is 2.68. The van der Waals surface area contributed by atoms with E-state index in [1.807, 2.05) is 36.7 Å². The van der Waals surface area contributed by atoms with Gasteiger partial charge in [0.05, 0.1) is 33.0 Å². The van der Waals surface area contributed by atoms with E-state index in [0.29, 0.717) is 23.1 Å². The van der Waals surface area contributed by atoms with Crippen molar-refractivity contribution in [2.24, 2.45) is 7.05 Å². The third-order valence-corrected chi connectivity index (χ3v) is 3.93. The van der Waals surface area contributed by atoms with Crippen LogP contribution in [0.1, 0.15) is 5.82 Å². The van der Waals surface area contributed by atoms with Gasteiger partial charge in [-0.2, -0.15) is 0 Å². The second kappa shape index (κ2) is 6.27. The molecule has 126 valence electrons. The highest BCUT2D eigenvalue weighted by Crippen LogP contribution is 2.40. The van der Waals surface area contributed by atoms with Gasteiger partial charge in [0.2, 0.25) is 5.75 Å². The molecule has 3 aromatic rings. The molecule has 0 aliphatic heterocycles. The highest BCUT2D eigenvalue weighted by molar-refractivity contribution is 5.79. The van der Waals surface area contributed by atoms with Gasteiger partial charge in [-0.1, -0.05) is 0 Å². The van der Waals surface area contributed by atoms with Gasteiger partial charge in [0.15, 0.2) is 11.5 Å². The Balaban J connectivity index is 2.00. The second-order valence-corrected chi connectivity index (χ2v) is 5.32. The van der Waals surface area contributed by atoms with Crippen molar-refractivity contribution in [1.82, 2.24) is 14.5 Å². The Morgan fingerprint density at radius 2 is 1.67 bits per heavy atom. The summed E-state index contributed by atoms with van der Waals surface area (Å²) in [7, 11) is 6.73. The Labute approximate surface area is 140 Å². The van der Waals surface area contributed by atoms with Crippen molar-refractivity contribution in [3.05, 3.63) is 30.2 Å². The monoisotopic (exact) mass is 328 g/mol. The average molecular weight is 328 g/mol. The Hall–Kier alpha value is -2.96. The largest absolute Gasteiger partial charge is 0.493 e. The van der Waals surface area contributed by atoms with Crippen LogP contribution in [0.3, 0.4) is 0 Å². The maximum Gasteiger partial charge on any atom is 0.203 e. The van der Waals surface area contributed by atoms with Gasteiger partial charge in [-0.15, -0.1) is 0 Å². The van der Waals surface area contributed by atoms with Crippen molar-refractivity contribution in [3.63, 3.8) is 0 Å². The molecule has 2 heterocycles. The molecule has 1 aromatic carbocycles. The summed E-state index contributed by atoms with van der Waals surface area (Å²) in [5, 5.41) is 3.27. The molecule has 0 saturated heterocycles. The van der Waals surface area contributed by atoms with Gasteiger partial charge in [-0.3, -0.25) is 0 Å². The lowest BCUT2D eigenvalue weighted by Gasteiger charge is -2.15. The van der Waals surface area contributed by atoms with E-state index in [1.165, 1.54) is 0 Å². The Kier molecular flexibility index (Phi) is 4.16. The first-order valence-corrected chi connectivity index (χ1v) is 7.43. The van der Waals surface area contributed by atoms with E-state index in [1.54, 1.807) is 27.5 Å². The minimum atomic E-state index is 0.552. The van der Waals surface area contributed by atoms with Crippen LogP contribution in [0, 0.1) is 6.92 Å². The maximum atomic E-state index is 5.37. The summed E-state index contributed by atoms with van der Waals surface area (Å²) in [6, 6.07) is 5.63. The fourth-order valence-corrected chi connectivity index (χ4v) is 2.59. The predicted molar refractivity (Wildman–Crippen MR) is 92.6 cm³/mol. The molecule has 0 bridgehead atoms. The lowest BCUT2D eigenvalue weighted by molar-refractivity contribution is 0.324. The average Bonchev–Trinajstić information content (AvgIpc) is 2.88. The normalized spacial score (nSPS) is 10.7. The highest BCUT2D eigenvalue weighted by Gasteiger charge is 2.14. The zero-order chi connectivity index (χ0) is 17.3. The Morgan fingerprint density at radius 3 is 2.25 bits per heavy atom. The number of rotatable bonds is 5. The number of aromatic nitrogens is 3. The molecular formula is C17H20N4O3. The topological polar surface area (TPSA) is 70.4 Å². The molecule has 2 aromatic heterocycles. The second-order valence-electron chi connectivity index (χ2n) is 5.32. The van der Waals surface area contributed by atoms with E-state index < -0.39 is 0 Å². The van der Waals surface area contributed by atoms with E-state index in [2.05, 4.69) is 15.3 Å². The summed E-state index contributed by atoms with van der Waals surface area (Å²) in [6.45, 7) is 1.96. The smallest absolute Gasteiger partial charge is 0.203 e. The summed E-state index contributed by atoms with van der Waals surface area (Å²) < 4.78 is 18.1. The van der Waals surface area contributed by atoms with Gasteiger partial charge in [-0.05, 0) is 6.92 Å². The first-order chi connectivity index (χ1) is 11.6. The highest BCUT2D eigenvalue weighted by atomic mass is 16.5. The van der Waals surface area contributed by atoms with Gasteiger partial charge in [0.25, 0.3) is 0 Å². The van der Waals surface area contributed by atoms with Gasteiger partial charge >= 0.3 is 0 Å². The van der Waals surface area contributed by atoms with Crippen molar-refractivity contribution < 1.29 is 14.2 Å². The fraction of sp³-hybridized carbons (Fsp3) is 0.294. The zero-order valence-electron chi connectivity index (χ0n) is 14.4. The molecule has 24 heavy (non-hydrogen) atoms. The molecule has 1 N–H and O–H groups in total. The number of nitrogens with one attached hydrogen (secondary N) is 1.